The second-order valence-electron chi connectivity index (χ2n) is 16.0. The van der Waals surface area contributed by atoms with Crippen molar-refractivity contribution in [2.45, 2.75) is 162 Å². The predicted octanol–water partition coefficient (Wildman–Crippen LogP) is 3.72. The van der Waals surface area contributed by atoms with Gasteiger partial charge >= 0.3 is 5.97 Å². The summed E-state index contributed by atoms with van der Waals surface area (Å²) >= 11 is 0. The highest BCUT2D eigenvalue weighted by molar-refractivity contribution is 5.73. The van der Waals surface area contributed by atoms with Crippen LogP contribution >= 0.6 is 0 Å². The van der Waals surface area contributed by atoms with Crippen molar-refractivity contribution in [3.63, 3.8) is 0 Å². The van der Waals surface area contributed by atoms with Crippen LogP contribution in [0.1, 0.15) is 102 Å². The summed E-state index contributed by atoms with van der Waals surface area (Å²) in [5, 5.41) is 35.2. The van der Waals surface area contributed by atoms with Crippen molar-refractivity contribution in [2.75, 3.05) is 20.7 Å². The van der Waals surface area contributed by atoms with Crippen LogP contribution in [0.15, 0.2) is 0 Å². The Bertz CT molecular complexity index is 939. The Morgan fingerprint density at radius 2 is 1.64 bits per heavy atom. The van der Waals surface area contributed by atoms with Gasteiger partial charge in [-0.1, -0.05) is 41.5 Å². The second-order valence-corrected chi connectivity index (χ2v) is 16.0. The molecule has 2 aliphatic rings. The molecule has 0 aromatic carbocycles. The largest absolute Gasteiger partial charge is 0.459 e. The first-order valence-corrected chi connectivity index (χ1v) is 16.6. The summed E-state index contributed by atoms with van der Waals surface area (Å²) < 4.78 is 24.9. The molecule has 2 aliphatic heterocycles. The van der Waals surface area contributed by atoms with E-state index >= 15 is 0 Å². The van der Waals surface area contributed by atoms with Gasteiger partial charge in [0.1, 0.15) is 17.8 Å². The number of carbonyl (C=O) groups excluding carboxylic acids is 1. The summed E-state index contributed by atoms with van der Waals surface area (Å²) in [5.41, 5.74) is 2.54. The lowest BCUT2D eigenvalue weighted by atomic mass is 9.61. The summed E-state index contributed by atoms with van der Waals surface area (Å²) in [6.07, 6.45) is -2.80. The number of nitrogens with two attached hydrogens (primary N) is 1. The molecule has 0 amide bonds. The number of esters is 1. The molecule has 0 aromatic rings. The molecule has 0 aromatic heterocycles. The molecule has 10 heteroatoms. The van der Waals surface area contributed by atoms with Gasteiger partial charge in [-0.2, -0.15) is 0 Å². The molecule has 0 aliphatic carbocycles. The smallest absolute Gasteiger partial charge is 0.311 e. The highest BCUT2D eigenvalue weighted by atomic mass is 16.7. The molecule has 0 bridgehead atoms. The van der Waals surface area contributed by atoms with Gasteiger partial charge in [-0.25, -0.2) is 0 Å². The van der Waals surface area contributed by atoms with Gasteiger partial charge in [-0.3, -0.25) is 4.79 Å². The first-order chi connectivity index (χ1) is 19.9. The summed E-state index contributed by atoms with van der Waals surface area (Å²) in [6, 6.07) is -0.808. The molecule has 10 nitrogen and oxygen atoms in total. The van der Waals surface area contributed by atoms with Crippen molar-refractivity contribution >= 4 is 5.97 Å². The number of hydrogen-bond acceptors (Lipinski definition) is 10. The number of aliphatic hydroxyl groups is 3. The highest BCUT2D eigenvalue weighted by Crippen LogP contribution is 2.47. The zero-order valence-electron chi connectivity index (χ0n) is 30.1. The van der Waals surface area contributed by atoms with Crippen LogP contribution in [0, 0.1) is 29.1 Å². The first-order valence-electron chi connectivity index (χ1n) is 16.6. The Morgan fingerprint density at radius 1 is 1.07 bits per heavy atom. The maximum Gasteiger partial charge on any atom is 0.311 e. The van der Waals surface area contributed by atoms with Crippen molar-refractivity contribution in [2.24, 2.45) is 34.8 Å². The van der Waals surface area contributed by atoms with Crippen LogP contribution in [-0.2, 0) is 23.7 Å². The topological polar surface area (TPSA) is 144 Å². The fourth-order valence-electron chi connectivity index (χ4n) is 8.46. The van der Waals surface area contributed by atoms with Crippen LogP contribution in [-0.4, -0.2) is 106 Å². The van der Waals surface area contributed by atoms with Crippen LogP contribution < -0.4 is 5.73 Å². The SMILES string of the molecule is CC[C@H]1OC(=O)[C@H](C)[C@@H](OC2C[C@@](C)(OC)[C@@H](N)[C@H](C)O2)[C@H](C)[C@@H](C(C)(C)C)[C@](C)(O)C[C@@H](C)CN(C)[C@H](C)[C@@H](O)[C@]1(C)O. The molecule has 2 heterocycles. The van der Waals surface area contributed by atoms with Crippen molar-refractivity contribution in [3.8, 4) is 0 Å². The molecule has 1 unspecified atom stereocenters. The lowest BCUT2D eigenvalue weighted by Crippen LogP contribution is -2.61. The second kappa shape index (κ2) is 14.5. The molecular weight excluding hydrogens is 564 g/mol. The van der Waals surface area contributed by atoms with E-state index in [9.17, 15) is 20.1 Å². The molecule has 0 saturated carbocycles. The van der Waals surface area contributed by atoms with Crippen LogP contribution in [0.3, 0.4) is 0 Å². The van der Waals surface area contributed by atoms with E-state index in [2.05, 4.69) is 27.7 Å². The number of cyclic esters (lactones) is 1. The lowest BCUT2D eigenvalue weighted by Gasteiger charge is -2.50. The van der Waals surface area contributed by atoms with Gasteiger partial charge in [-0.05, 0) is 84.6 Å². The van der Waals surface area contributed by atoms with Gasteiger partial charge in [0.05, 0.1) is 35.4 Å². The molecular formula is C34H66N2O8. The van der Waals surface area contributed by atoms with Crippen LogP contribution in [0.25, 0.3) is 0 Å². The van der Waals surface area contributed by atoms with E-state index in [1.807, 2.05) is 53.5 Å². The number of methoxy groups -OCH3 is 1. The minimum atomic E-state index is -1.71. The van der Waals surface area contributed by atoms with E-state index in [0.29, 0.717) is 25.8 Å². The molecule has 14 atom stereocenters. The fraction of sp³-hybridized carbons (Fsp3) is 0.971. The molecule has 2 saturated heterocycles. The van der Waals surface area contributed by atoms with Crippen LogP contribution in [0.5, 0.6) is 0 Å². The van der Waals surface area contributed by atoms with E-state index < -0.39 is 59.3 Å². The Morgan fingerprint density at radius 3 is 2.14 bits per heavy atom. The average molecular weight is 631 g/mol. The number of likely N-dealkylation sites (N-methyl/N-ethyl adjacent to an activating group) is 1. The number of nitrogens with zero attached hydrogens (tertiary/aromatic N) is 1. The third-order valence-electron chi connectivity index (χ3n) is 10.8. The minimum Gasteiger partial charge on any atom is -0.459 e. The zero-order valence-corrected chi connectivity index (χ0v) is 30.1. The molecule has 44 heavy (non-hydrogen) atoms. The number of hydrogen-bond donors (Lipinski definition) is 4. The van der Waals surface area contributed by atoms with Crippen molar-refractivity contribution < 1.29 is 39.1 Å². The third-order valence-corrected chi connectivity index (χ3v) is 10.8. The number of ether oxygens (including phenoxy) is 4. The van der Waals surface area contributed by atoms with Crippen molar-refractivity contribution in [1.29, 1.82) is 0 Å². The Kier molecular flexibility index (Phi) is 13.0. The standard InChI is InChI=1S/C34H66N2O8/c1-15-24-34(12,40)29(37)22(5)36(13)18-19(2)16-32(10,39)27(31(7,8)9)20(3)26(21(4)30(38)43-24)44-25-17-33(11,41-14)28(35)23(6)42-25/h19-29,37,39-40H,15-18,35H2,1-14H3/t19-,20+,21-,22-,23+,24-,25?,26+,27+,28+,29-,32-,33-,34-/m1/s1. The van der Waals surface area contributed by atoms with Crippen LogP contribution in [0.4, 0.5) is 0 Å². The van der Waals surface area contributed by atoms with Gasteiger partial charge in [-0.15, -0.1) is 0 Å². The molecule has 260 valence electrons. The first kappa shape index (κ1) is 39.3. The van der Waals surface area contributed by atoms with Gasteiger partial charge in [0.25, 0.3) is 0 Å². The van der Waals surface area contributed by atoms with Crippen molar-refractivity contribution in [3.05, 3.63) is 0 Å². The van der Waals surface area contributed by atoms with E-state index in [1.165, 1.54) is 6.92 Å². The minimum absolute atomic E-state index is 0.0554. The van der Waals surface area contributed by atoms with E-state index in [1.54, 1.807) is 14.0 Å². The maximum atomic E-state index is 14.0. The van der Waals surface area contributed by atoms with E-state index in [0.717, 1.165) is 0 Å². The molecule has 2 fully saturated rings. The Hall–Kier alpha value is -0.850. The number of aliphatic hydroxyl groups excluding tert-OH is 1. The van der Waals surface area contributed by atoms with Gasteiger partial charge < -0.3 is 44.9 Å². The van der Waals surface area contributed by atoms with Gasteiger partial charge in [0.2, 0.25) is 0 Å². The summed E-state index contributed by atoms with van der Waals surface area (Å²) in [4.78, 5) is 16.0. The number of carbonyl (C=O) groups is 1. The fourth-order valence-corrected chi connectivity index (χ4v) is 8.46. The summed E-state index contributed by atoms with van der Waals surface area (Å²) in [5.74, 6) is -1.90. The highest BCUT2D eigenvalue weighted by Gasteiger charge is 2.52. The monoisotopic (exact) mass is 630 g/mol. The van der Waals surface area contributed by atoms with Crippen LogP contribution in [0.2, 0.25) is 0 Å². The lowest BCUT2D eigenvalue weighted by molar-refractivity contribution is -0.276. The number of rotatable bonds is 4. The summed E-state index contributed by atoms with van der Waals surface area (Å²) in [7, 11) is 3.53. The molecule has 2 rings (SSSR count). The maximum absolute atomic E-state index is 14.0. The third kappa shape index (κ3) is 8.54. The average Bonchev–Trinajstić information content (AvgIpc) is 2.89. The quantitative estimate of drug-likeness (QED) is 0.339. The van der Waals surface area contributed by atoms with E-state index in [4.69, 9.17) is 24.7 Å². The van der Waals surface area contributed by atoms with Gasteiger partial charge in [0.15, 0.2) is 6.29 Å². The molecule has 0 spiro atoms. The normalized spacial score (nSPS) is 47.9. The predicted molar refractivity (Wildman–Crippen MR) is 172 cm³/mol. The molecule has 5 N–H and O–H groups in total. The summed E-state index contributed by atoms with van der Waals surface area (Å²) in [6.45, 7) is 23.7. The van der Waals surface area contributed by atoms with E-state index in [-0.39, 0.29) is 35.3 Å². The Balaban J connectivity index is 2.68. The van der Waals surface area contributed by atoms with Gasteiger partial charge in [0, 0.05) is 26.1 Å². The van der Waals surface area contributed by atoms with Crippen molar-refractivity contribution in [1.82, 2.24) is 4.90 Å². The zero-order chi connectivity index (χ0) is 34.2. The Labute approximate surface area is 267 Å². The molecule has 0 radical (unpaired) electrons.